The lowest BCUT2D eigenvalue weighted by molar-refractivity contribution is 0.00474. The highest BCUT2D eigenvalue weighted by molar-refractivity contribution is 14.2. The fraction of sp³-hybridized carbons (Fsp3) is 1.00. The topological polar surface area (TPSA) is 43.7 Å². The zero-order chi connectivity index (χ0) is 14.4. The van der Waals surface area contributed by atoms with E-state index >= 15 is 0 Å². The molecule has 0 heterocycles. The van der Waals surface area contributed by atoms with Gasteiger partial charge in [-0.1, -0.05) is 55.6 Å². The van der Waals surface area contributed by atoms with Crippen molar-refractivity contribution in [3.05, 3.63) is 0 Å². The minimum absolute atomic E-state index is 0.387. The molecule has 0 aromatic carbocycles. The lowest BCUT2D eigenvalue weighted by atomic mass is 9.86. The number of aliphatic hydroxyl groups is 2. The number of rotatable bonds is 9. The van der Waals surface area contributed by atoms with Gasteiger partial charge in [0.1, 0.15) is 7.57 Å². The van der Waals surface area contributed by atoms with Crippen LogP contribution in [0.1, 0.15) is 13.8 Å². The lowest BCUT2D eigenvalue weighted by Gasteiger charge is -2.34. The Balaban J connectivity index is 4.20. The summed E-state index contributed by atoms with van der Waals surface area (Å²) in [4.78, 5) is 2.00. The third-order valence-corrected chi connectivity index (χ3v) is 6.08. The minimum Gasteiger partial charge on any atom is -0.390 e. The molecule has 2 N–H and O–H groups in total. The van der Waals surface area contributed by atoms with Crippen LogP contribution in [-0.2, 0) is 0 Å². The Morgan fingerprint density at radius 1 is 1.33 bits per heavy atom. The third-order valence-electron chi connectivity index (χ3n) is 2.35. The van der Waals surface area contributed by atoms with E-state index in [9.17, 15) is 10.2 Å². The number of halogens is 2. The van der Waals surface area contributed by atoms with Crippen LogP contribution in [0.4, 0.5) is 0 Å². The molecule has 0 aliphatic carbocycles. The lowest BCUT2D eigenvalue weighted by Crippen LogP contribution is -2.47. The number of hydrogen-bond donors (Lipinski definition) is 2. The molecular weight excluding hydrogens is 491 g/mol. The van der Waals surface area contributed by atoms with Crippen LogP contribution in [0.15, 0.2) is 0 Å². The van der Waals surface area contributed by atoms with Crippen molar-refractivity contribution in [1.29, 1.82) is 0 Å². The van der Waals surface area contributed by atoms with E-state index in [0.29, 0.717) is 19.4 Å². The normalized spacial score (nSPS) is 20.9. The summed E-state index contributed by atoms with van der Waals surface area (Å²) in [6, 6.07) is 0. The van der Waals surface area contributed by atoms with E-state index in [1.54, 1.807) is 0 Å². The fourth-order valence-corrected chi connectivity index (χ4v) is 6.18. The van der Waals surface area contributed by atoms with Crippen molar-refractivity contribution in [3.63, 3.8) is 0 Å². The first-order chi connectivity index (χ1) is 8.08. The Labute approximate surface area is 142 Å². The van der Waals surface area contributed by atoms with Crippen molar-refractivity contribution < 1.29 is 10.2 Å². The molecule has 0 fully saturated rings. The average molecular weight is 513 g/mol. The summed E-state index contributed by atoms with van der Waals surface area (Å²) in [6.45, 7) is 6.92. The first kappa shape index (κ1) is 20.3. The number of hydrogen-bond acceptors (Lipinski definition) is 3. The van der Waals surface area contributed by atoms with Gasteiger partial charge in [0.05, 0.1) is 11.2 Å². The molecule has 0 saturated heterocycles. The van der Waals surface area contributed by atoms with Crippen molar-refractivity contribution in [3.8, 4) is 0 Å². The molecule has 0 bridgehead atoms. The third kappa shape index (κ3) is 11.0. The highest BCUT2D eigenvalue weighted by Gasteiger charge is 2.28. The maximum absolute atomic E-state index is 10.3. The predicted molar refractivity (Wildman–Crippen MR) is 105 cm³/mol. The first-order valence-electron chi connectivity index (χ1n) is 5.63. The van der Waals surface area contributed by atoms with Gasteiger partial charge in [0.25, 0.3) is 0 Å². The largest absolute Gasteiger partial charge is 0.390 e. The second kappa shape index (κ2) is 9.37. The van der Waals surface area contributed by atoms with Crippen LogP contribution in [0.25, 0.3) is 0 Å². The van der Waals surface area contributed by atoms with E-state index in [1.807, 2.05) is 25.8 Å². The Bertz CT molecular complexity index is 249. The summed E-state index contributed by atoms with van der Waals surface area (Å²) in [5.41, 5.74) is -1.83. The van der Waals surface area contributed by atoms with E-state index < -0.39 is 11.2 Å². The molecule has 3 nitrogen and oxygen atoms in total. The standard InChI is InChI=1S/C9H21B2I2NO2P2/c1-8(15,4-11-17-12)5-14(3)6-9(2,16)7-18(10)13/h10,15-17H,4-7H2,1-3H3. The molecule has 0 aromatic rings. The summed E-state index contributed by atoms with van der Waals surface area (Å²) in [7, 11) is 5.90. The highest BCUT2D eigenvalue weighted by atomic mass is 127. The van der Waals surface area contributed by atoms with Crippen LogP contribution in [0.5, 0.6) is 0 Å². The summed E-state index contributed by atoms with van der Waals surface area (Å²) >= 11 is 4.58. The maximum Gasteiger partial charge on any atom is 0.159 e. The molecule has 0 aliphatic rings. The predicted octanol–water partition coefficient (Wildman–Crippen LogP) is 2.13. The van der Waals surface area contributed by atoms with Gasteiger partial charge in [-0.05, 0) is 33.4 Å². The molecule has 9 heteroatoms. The van der Waals surface area contributed by atoms with Crippen molar-refractivity contribution in [2.75, 3.05) is 26.3 Å². The van der Waals surface area contributed by atoms with Crippen LogP contribution >= 0.6 is 55.6 Å². The monoisotopic (exact) mass is 513 g/mol. The van der Waals surface area contributed by atoms with Gasteiger partial charge in [-0.25, -0.2) is 0 Å². The Kier molecular flexibility index (Phi) is 10.6. The fourth-order valence-electron chi connectivity index (χ4n) is 1.96. The average Bonchev–Trinajstić information content (AvgIpc) is 2.09. The van der Waals surface area contributed by atoms with Crippen molar-refractivity contribution >= 4 is 70.2 Å². The molecule has 0 amide bonds. The first-order valence-corrected chi connectivity index (χ1v) is 14.3. The molecule has 0 aromatic heterocycles. The summed E-state index contributed by atoms with van der Waals surface area (Å²) < 4.78 is 0. The van der Waals surface area contributed by atoms with Gasteiger partial charge in [0, 0.05) is 13.1 Å². The zero-order valence-corrected chi connectivity index (χ0v) is 17.4. The van der Waals surface area contributed by atoms with Gasteiger partial charge >= 0.3 is 0 Å². The van der Waals surface area contributed by atoms with E-state index in [2.05, 4.69) is 58.6 Å². The van der Waals surface area contributed by atoms with Crippen LogP contribution in [-0.4, -0.2) is 67.2 Å². The quantitative estimate of drug-likeness (QED) is 0.283. The van der Waals surface area contributed by atoms with Gasteiger partial charge in [-0.15, -0.1) is 0 Å². The smallest absolute Gasteiger partial charge is 0.159 e. The van der Waals surface area contributed by atoms with Crippen molar-refractivity contribution in [1.82, 2.24) is 4.90 Å². The van der Waals surface area contributed by atoms with Crippen molar-refractivity contribution in [2.24, 2.45) is 0 Å². The van der Waals surface area contributed by atoms with Gasteiger partial charge in [-0.2, -0.15) is 0 Å². The molecule has 4 unspecified atom stereocenters. The SMILES string of the molecule is [BH]P(I)CC(C)(O)CN(C)CC(C)(O)C[B]PI. The van der Waals surface area contributed by atoms with E-state index in [-0.39, 0.29) is 5.44 Å². The van der Waals surface area contributed by atoms with E-state index in [1.165, 1.54) is 0 Å². The molecule has 4 atom stereocenters. The molecule has 0 rings (SSSR count). The van der Waals surface area contributed by atoms with Crippen LogP contribution in [0, 0.1) is 0 Å². The molecule has 0 saturated carbocycles. The maximum atomic E-state index is 10.3. The minimum atomic E-state index is -0.728. The van der Waals surface area contributed by atoms with Crippen molar-refractivity contribution in [2.45, 2.75) is 31.4 Å². The number of nitrogens with zero attached hydrogens (tertiary/aromatic N) is 1. The molecule has 0 spiro atoms. The highest BCUT2D eigenvalue weighted by Crippen LogP contribution is 2.42. The van der Waals surface area contributed by atoms with E-state index in [4.69, 9.17) is 0 Å². The Hall–Kier alpha value is 2.33. The molecular formula is C9H21B2I2NO2P2. The Morgan fingerprint density at radius 3 is 2.28 bits per heavy atom. The van der Waals surface area contributed by atoms with Crippen LogP contribution < -0.4 is 0 Å². The second-order valence-corrected chi connectivity index (χ2v) is 13.1. The number of likely N-dealkylation sites (N-methyl/N-ethyl adjacent to an activating group) is 1. The Morgan fingerprint density at radius 2 is 1.83 bits per heavy atom. The molecule has 18 heavy (non-hydrogen) atoms. The van der Waals surface area contributed by atoms with Gasteiger partial charge in [-0.3, -0.25) is 0 Å². The van der Waals surface area contributed by atoms with Crippen LogP contribution in [0.2, 0.25) is 6.32 Å². The van der Waals surface area contributed by atoms with Gasteiger partial charge < -0.3 is 15.1 Å². The second-order valence-electron chi connectivity index (χ2n) is 5.30. The molecule has 104 valence electrons. The van der Waals surface area contributed by atoms with E-state index in [0.717, 1.165) is 12.3 Å². The van der Waals surface area contributed by atoms with Gasteiger partial charge in [0.15, 0.2) is 7.00 Å². The molecule has 0 aliphatic heterocycles. The summed E-state index contributed by atoms with van der Waals surface area (Å²) in [5.74, 6) is 0. The van der Waals surface area contributed by atoms with Gasteiger partial charge in [0.2, 0.25) is 0 Å². The summed E-state index contributed by atoms with van der Waals surface area (Å²) in [5, 5.41) is 20.5. The zero-order valence-electron chi connectivity index (χ0n) is 11.2. The summed E-state index contributed by atoms with van der Waals surface area (Å²) in [6.07, 6.45) is 2.13. The van der Waals surface area contributed by atoms with Crippen LogP contribution in [0.3, 0.4) is 0 Å². The molecule has 2 radical (unpaired) electrons.